The smallest absolute Gasteiger partial charge is 0.138 e. The number of phenolic OH excluding ortho intramolecular Hbond substituents is 1. The Morgan fingerprint density at radius 3 is 2.59 bits per heavy atom. The Morgan fingerprint density at radius 2 is 1.94 bits per heavy atom. The van der Waals surface area contributed by atoms with Gasteiger partial charge in [-0.05, 0) is 32.8 Å². The minimum Gasteiger partial charge on any atom is -0.506 e. The minimum absolute atomic E-state index is 0.235. The third-order valence-electron chi connectivity index (χ3n) is 3.80. The van der Waals surface area contributed by atoms with Gasteiger partial charge in [0.15, 0.2) is 0 Å². The molecule has 2 atom stereocenters. The Balaban J connectivity index is 2.16. The van der Waals surface area contributed by atoms with E-state index in [9.17, 15) is 5.11 Å². The van der Waals surface area contributed by atoms with Crippen molar-refractivity contribution in [2.75, 3.05) is 0 Å². The summed E-state index contributed by atoms with van der Waals surface area (Å²) in [5, 5.41) is 10.4. The van der Waals surface area contributed by atoms with Crippen molar-refractivity contribution < 1.29 is 5.11 Å². The van der Waals surface area contributed by atoms with Gasteiger partial charge in [-0.25, -0.2) is 0 Å². The molecule has 0 spiro atoms. The van der Waals surface area contributed by atoms with Gasteiger partial charge in [0, 0.05) is 24.2 Å². The number of piperidine rings is 1. The summed E-state index contributed by atoms with van der Waals surface area (Å²) in [7, 11) is 0. The Morgan fingerprint density at radius 1 is 1.29 bits per heavy atom. The molecule has 0 saturated carbocycles. The van der Waals surface area contributed by atoms with Crippen LogP contribution >= 0.6 is 11.6 Å². The largest absolute Gasteiger partial charge is 0.506 e. The van der Waals surface area contributed by atoms with Crippen LogP contribution in [0, 0.1) is 0 Å². The highest BCUT2D eigenvalue weighted by atomic mass is 35.5. The fraction of sp³-hybridized carbons (Fsp3) is 0.571. The van der Waals surface area contributed by atoms with Crippen LogP contribution in [0.3, 0.4) is 0 Å². The first-order chi connectivity index (χ1) is 8.09. The molecule has 17 heavy (non-hydrogen) atoms. The third kappa shape index (κ3) is 2.75. The fourth-order valence-electron chi connectivity index (χ4n) is 2.67. The lowest BCUT2D eigenvalue weighted by Gasteiger charge is -2.39. The van der Waals surface area contributed by atoms with Crippen molar-refractivity contribution in [3.8, 4) is 5.75 Å². The molecule has 0 aromatic heterocycles. The Kier molecular flexibility index (Phi) is 3.95. The Bertz CT molecular complexity index is 384. The molecule has 1 aromatic carbocycles. The summed E-state index contributed by atoms with van der Waals surface area (Å²) in [4.78, 5) is 2.45. The molecule has 1 N–H and O–H groups in total. The number of likely N-dealkylation sites (tertiary alicyclic amines) is 1. The molecule has 2 rings (SSSR count). The van der Waals surface area contributed by atoms with Crippen molar-refractivity contribution in [1.82, 2.24) is 4.90 Å². The summed E-state index contributed by atoms with van der Waals surface area (Å²) in [5.41, 5.74) is 0.929. The van der Waals surface area contributed by atoms with E-state index >= 15 is 0 Å². The Labute approximate surface area is 108 Å². The molecule has 2 unspecified atom stereocenters. The lowest BCUT2D eigenvalue weighted by molar-refractivity contribution is 0.0944. The second-order valence-corrected chi connectivity index (χ2v) is 5.46. The molecular weight excluding hydrogens is 234 g/mol. The van der Waals surface area contributed by atoms with E-state index in [-0.39, 0.29) is 5.75 Å². The zero-order valence-corrected chi connectivity index (χ0v) is 11.2. The number of hydrogen-bond acceptors (Lipinski definition) is 2. The van der Waals surface area contributed by atoms with Gasteiger partial charge in [-0.1, -0.05) is 30.2 Å². The van der Waals surface area contributed by atoms with E-state index in [1.54, 1.807) is 6.07 Å². The summed E-state index contributed by atoms with van der Waals surface area (Å²) in [6.45, 7) is 5.31. The highest BCUT2D eigenvalue weighted by Gasteiger charge is 2.25. The molecule has 0 bridgehead atoms. The number of rotatable bonds is 2. The molecule has 94 valence electrons. The predicted octanol–water partition coefficient (Wildman–Crippen LogP) is 3.81. The van der Waals surface area contributed by atoms with E-state index in [4.69, 9.17) is 11.6 Å². The first-order valence-electron chi connectivity index (χ1n) is 6.31. The van der Waals surface area contributed by atoms with Crippen LogP contribution in [0.4, 0.5) is 0 Å². The van der Waals surface area contributed by atoms with Gasteiger partial charge in [0.05, 0.1) is 5.02 Å². The van der Waals surface area contributed by atoms with Gasteiger partial charge in [0.1, 0.15) is 5.75 Å². The maximum atomic E-state index is 9.94. The van der Waals surface area contributed by atoms with Crippen LogP contribution in [0.25, 0.3) is 0 Å². The highest BCUT2D eigenvalue weighted by molar-refractivity contribution is 6.32. The van der Waals surface area contributed by atoms with Crippen LogP contribution in [-0.4, -0.2) is 22.1 Å². The highest BCUT2D eigenvalue weighted by Crippen LogP contribution is 2.31. The average Bonchev–Trinajstić information content (AvgIpc) is 2.29. The SMILES string of the molecule is CC1CCCC(C)N1Cc1cccc(Cl)c1O. The number of halogens is 1. The molecule has 2 nitrogen and oxygen atoms in total. The van der Waals surface area contributed by atoms with Crippen molar-refractivity contribution in [3.63, 3.8) is 0 Å². The Hall–Kier alpha value is -0.730. The first kappa shape index (κ1) is 12.7. The molecule has 1 aromatic rings. The van der Waals surface area contributed by atoms with Crippen LogP contribution in [-0.2, 0) is 6.54 Å². The molecule has 0 aliphatic carbocycles. The lowest BCUT2D eigenvalue weighted by Crippen LogP contribution is -2.42. The molecule has 1 saturated heterocycles. The maximum absolute atomic E-state index is 9.94. The standard InChI is InChI=1S/C14H20ClNO/c1-10-5-3-6-11(2)16(10)9-12-7-4-8-13(15)14(12)17/h4,7-8,10-11,17H,3,5-6,9H2,1-2H3. The van der Waals surface area contributed by atoms with E-state index in [2.05, 4.69) is 18.7 Å². The fourth-order valence-corrected chi connectivity index (χ4v) is 2.86. The monoisotopic (exact) mass is 253 g/mol. The molecular formula is C14H20ClNO. The van der Waals surface area contributed by atoms with Gasteiger partial charge < -0.3 is 5.11 Å². The van der Waals surface area contributed by atoms with E-state index in [0.717, 1.165) is 12.1 Å². The van der Waals surface area contributed by atoms with Crippen molar-refractivity contribution in [2.24, 2.45) is 0 Å². The van der Waals surface area contributed by atoms with Gasteiger partial charge in [-0.15, -0.1) is 0 Å². The summed E-state index contributed by atoms with van der Waals surface area (Å²) >= 11 is 5.94. The normalized spacial score (nSPS) is 26.1. The number of phenols is 1. The molecule has 1 aliphatic heterocycles. The van der Waals surface area contributed by atoms with Crippen LogP contribution in [0.2, 0.25) is 5.02 Å². The number of hydrogen-bond donors (Lipinski definition) is 1. The van der Waals surface area contributed by atoms with Gasteiger partial charge in [-0.3, -0.25) is 4.90 Å². The maximum Gasteiger partial charge on any atom is 0.138 e. The van der Waals surface area contributed by atoms with E-state index in [1.807, 2.05) is 12.1 Å². The zero-order valence-electron chi connectivity index (χ0n) is 10.5. The summed E-state index contributed by atoms with van der Waals surface area (Å²) in [6.07, 6.45) is 3.79. The first-order valence-corrected chi connectivity index (χ1v) is 6.69. The number of nitrogens with zero attached hydrogens (tertiary/aromatic N) is 1. The average molecular weight is 254 g/mol. The van der Waals surface area contributed by atoms with Crippen molar-refractivity contribution in [2.45, 2.75) is 51.7 Å². The van der Waals surface area contributed by atoms with Crippen LogP contribution in [0.1, 0.15) is 38.7 Å². The predicted molar refractivity (Wildman–Crippen MR) is 71.4 cm³/mol. The van der Waals surface area contributed by atoms with Crippen molar-refractivity contribution >= 4 is 11.6 Å². The number of benzene rings is 1. The number of aromatic hydroxyl groups is 1. The summed E-state index contributed by atoms with van der Waals surface area (Å²) < 4.78 is 0. The summed E-state index contributed by atoms with van der Waals surface area (Å²) in [5.74, 6) is 0.235. The van der Waals surface area contributed by atoms with Crippen molar-refractivity contribution in [1.29, 1.82) is 0 Å². The van der Waals surface area contributed by atoms with Crippen LogP contribution < -0.4 is 0 Å². The zero-order chi connectivity index (χ0) is 12.4. The van der Waals surface area contributed by atoms with E-state index in [0.29, 0.717) is 17.1 Å². The van der Waals surface area contributed by atoms with Crippen molar-refractivity contribution in [3.05, 3.63) is 28.8 Å². The minimum atomic E-state index is 0.235. The van der Waals surface area contributed by atoms with E-state index in [1.165, 1.54) is 19.3 Å². The topological polar surface area (TPSA) is 23.5 Å². The molecule has 1 aliphatic rings. The molecule has 1 heterocycles. The quantitative estimate of drug-likeness (QED) is 0.867. The van der Waals surface area contributed by atoms with Crippen LogP contribution in [0.5, 0.6) is 5.75 Å². The third-order valence-corrected chi connectivity index (χ3v) is 4.10. The molecule has 1 fully saturated rings. The van der Waals surface area contributed by atoms with Crippen LogP contribution in [0.15, 0.2) is 18.2 Å². The van der Waals surface area contributed by atoms with Gasteiger partial charge >= 0.3 is 0 Å². The second-order valence-electron chi connectivity index (χ2n) is 5.05. The second kappa shape index (κ2) is 5.28. The molecule has 0 amide bonds. The molecule has 0 radical (unpaired) electrons. The lowest BCUT2D eigenvalue weighted by atomic mass is 9.96. The van der Waals surface area contributed by atoms with E-state index < -0.39 is 0 Å². The van der Waals surface area contributed by atoms with Gasteiger partial charge in [0.2, 0.25) is 0 Å². The van der Waals surface area contributed by atoms with Gasteiger partial charge in [-0.2, -0.15) is 0 Å². The summed E-state index contributed by atoms with van der Waals surface area (Å²) in [6, 6.07) is 6.74. The number of para-hydroxylation sites is 1. The molecule has 3 heteroatoms. The van der Waals surface area contributed by atoms with Gasteiger partial charge in [0.25, 0.3) is 0 Å².